The average molecular weight is 500 g/mol. The van der Waals surface area contributed by atoms with Crippen molar-refractivity contribution in [3.63, 3.8) is 0 Å². The van der Waals surface area contributed by atoms with E-state index >= 15 is 0 Å². The van der Waals surface area contributed by atoms with Crippen molar-refractivity contribution in [2.45, 2.75) is 16.2 Å². The number of fused-ring (bicyclic) bond motifs is 1. The number of carbonyl (C=O) groups is 1. The average Bonchev–Trinajstić information content (AvgIpc) is 3.21. The summed E-state index contributed by atoms with van der Waals surface area (Å²) < 4.78 is 50.5. The first-order valence-electron chi connectivity index (χ1n) is 10.1. The second-order valence-corrected chi connectivity index (χ2v) is 10.7. The SMILES string of the molecule is NS(=O)(=O)c1ccc(CCNS(=O)(=O)c2cccc(C(=O)Nc3nc4ccccc4[nH]3)c2)cc1. The molecule has 0 unspecified atom stereocenters. The van der Waals surface area contributed by atoms with Gasteiger partial charge in [0, 0.05) is 12.1 Å². The lowest BCUT2D eigenvalue weighted by molar-refractivity contribution is 0.102. The van der Waals surface area contributed by atoms with Crippen LogP contribution in [0.3, 0.4) is 0 Å². The van der Waals surface area contributed by atoms with Gasteiger partial charge in [-0.25, -0.2) is 31.7 Å². The number of hydrogen-bond acceptors (Lipinski definition) is 6. The Kier molecular flexibility index (Phi) is 6.48. The van der Waals surface area contributed by atoms with E-state index in [1.54, 1.807) is 18.2 Å². The number of benzene rings is 3. The minimum Gasteiger partial charge on any atom is -0.324 e. The van der Waals surface area contributed by atoms with E-state index in [1.807, 2.05) is 18.2 Å². The number of nitrogens with zero attached hydrogens (tertiary/aromatic N) is 1. The number of aromatic amines is 1. The molecule has 0 aliphatic heterocycles. The van der Waals surface area contributed by atoms with Gasteiger partial charge in [-0.1, -0.05) is 30.3 Å². The smallest absolute Gasteiger partial charge is 0.258 e. The Labute approximate surface area is 196 Å². The fraction of sp³-hybridized carbons (Fsp3) is 0.0909. The minimum atomic E-state index is -3.88. The van der Waals surface area contributed by atoms with Gasteiger partial charge in [0.2, 0.25) is 26.0 Å². The van der Waals surface area contributed by atoms with Crippen molar-refractivity contribution in [1.82, 2.24) is 14.7 Å². The molecule has 0 aliphatic carbocycles. The van der Waals surface area contributed by atoms with Crippen LogP contribution >= 0.6 is 0 Å². The molecule has 0 atom stereocenters. The molecule has 10 nitrogen and oxygen atoms in total. The molecule has 0 bridgehead atoms. The maximum Gasteiger partial charge on any atom is 0.258 e. The Bertz CT molecular complexity index is 1530. The summed E-state index contributed by atoms with van der Waals surface area (Å²) in [4.78, 5) is 19.8. The van der Waals surface area contributed by atoms with Crippen LogP contribution in [0.5, 0.6) is 0 Å². The van der Waals surface area contributed by atoms with Crippen LogP contribution < -0.4 is 15.2 Å². The number of rotatable bonds is 8. The third-order valence-electron chi connectivity index (χ3n) is 4.99. The molecule has 0 fully saturated rings. The number of amides is 1. The van der Waals surface area contributed by atoms with E-state index in [-0.39, 0.29) is 27.8 Å². The minimum absolute atomic E-state index is 0.0189. The van der Waals surface area contributed by atoms with Gasteiger partial charge in [0.15, 0.2) is 0 Å². The van der Waals surface area contributed by atoms with Gasteiger partial charge in [0.05, 0.1) is 20.8 Å². The number of nitrogens with two attached hydrogens (primary N) is 1. The monoisotopic (exact) mass is 499 g/mol. The molecule has 1 heterocycles. The number of anilines is 1. The third kappa shape index (κ3) is 5.48. The highest BCUT2D eigenvalue weighted by molar-refractivity contribution is 7.89. The fourth-order valence-corrected chi connectivity index (χ4v) is 4.85. The van der Waals surface area contributed by atoms with Crippen LogP contribution in [0.4, 0.5) is 5.95 Å². The number of nitrogens with one attached hydrogen (secondary N) is 3. The van der Waals surface area contributed by atoms with Gasteiger partial charge in [0.1, 0.15) is 0 Å². The number of hydrogen-bond donors (Lipinski definition) is 4. The molecule has 34 heavy (non-hydrogen) atoms. The molecular formula is C22H21N5O5S2. The van der Waals surface area contributed by atoms with E-state index < -0.39 is 26.0 Å². The summed E-state index contributed by atoms with van der Waals surface area (Å²) in [6.07, 6.45) is 0.330. The van der Waals surface area contributed by atoms with Crippen LogP contribution in [-0.4, -0.2) is 39.3 Å². The summed E-state index contributed by atoms with van der Waals surface area (Å²) >= 11 is 0. The maximum atomic E-state index is 12.7. The van der Waals surface area contributed by atoms with Crippen molar-refractivity contribution >= 4 is 42.9 Å². The molecule has 5 N–H and O–H groups in total. The summed E-state index contributed by atoms with van der Waals surface area (Å²) in [7, 11) is -7.67. The Morgan fingerprint density at radius 2 is 1.65 bits per heavy atom. The summed E-state index contributed by atoms with van der Waals surface area (Å²) in [6.45, 7) is 0.0759. The Morgan fingerprint density at radius 1 is 0.912 bits per heavy atom. The van der Waals surface area contributed by atoms with E-state index in [0.29, 0.717) is 11.9 Å². The molecule has 0 saturated heterocycles. The van der Waals surface area contributed by atoms with Crippen LogP contribution in [0, 0.1) is 0 Å². The molecule has 0 spiro atoms. The molecule has 4 rings (SSSR count). The lowest BCUT2D eigenvalue weighted by Crippen LogP contribution is -2.26. The molecular weight excluding hydrogens is 478 g/mol. The summed E-state index contributed by atoms with van der Waals surface area (Å²) in [5.41, 5.74) is 2.34. The van der Waals surface area contributed by atoms with Gasteiger partial charge in [-0.3, -0.25) is 10.1 Å². The van der Waals surface area contributed by atoms with Crippen molar-refractivity contribution < 1.29 is 21.6 Å². The highest BCUT2D eigenvalue weighted by atomic mass is 32.2. The first-order valence-corrected chi connectivity index (χ1v) is 13.1. The van der Waals surface area contributed by atoms with Crippen molar-refractivity contribution in [3.05, 3.63) is 83.9 Å². The topological polar surface area (TPSA) is 164 Å². The quantitative estimate of drug-likeness (QED) is 0.289. The molecule has 0 radical (unpaired) electrons. The zero-order valence-electron chi connectivity index (χ0n) is 17.7. The molecule has 4 aromatic rings. The van der Waals surface area contributed by atoms with Crippen molar-refractivity contribution in [1.29, 1.82) is 0 Å². The van der Waals surface area contributed by atoms with Crippen LogP contribution in [0.15, 0.2) is 82.6 Å². The maximum absolute atomic E-state index is 12.7. The summed E-state index contributed by atoms with van der Waals surface area (Å²) in [5.74, 6) is -0.253. The van der Waals surface area contributed by atoms with Crippen LogP contribution in [-0.2, 0) is 26.5 Å². The fourth-order valence-electron chi connectivity index (χ4n) is 3.26. The molecule has 176 valence electrons. The van der Waals surface area contributed by atoms with Gasteiger partial charge < -0.3 is 4.98 Å². The zero-order chi connectivity index (χ0) is 24.3. The van der Waals surface area contributed by atoms with Gasteiger partial charge in [-0.05, 0) is 54.4 Å². The first-order chi connectivity index (χ1) is 16.1. The van der Waals surface area contributed by atoms with Gasteiger partial charge in [-0.2, -0.15) is 0 Å². The lowest BCUT2D eigenvalue weighted by atomic mass is 10.2. The number of sulfonamides is 2. The summed E-state index contributed by atoms with van der Waals surface area (Å²) in [5, 5.41) is 7.70. The summed E-state index contributed by atoms with van der Waals surface area (Å²) in [6, 6.07) is 18.8. The largest absolute Gasteiger partial charge is 0.324 e. The van der Waals surface area contributed by atoms with Crippen LogP contribution in [0.1, 0.15) is 15.9 Å². The van der Waals surface area contributed by atoms with Crippen molar-refractivity contribution in [2.75, 3.05) is 11.9 Å². The Morgan fingerprint density at radius 3 is 2.35 bits per heavy atom. The molecule has 0 aliphatic rings. The van der Waals surface area contributed by atoms with Crippen LogP contribution in [0.2, 0.25) is 0 Å². The second kappa shape index (κ2) is 9.35. The number of para-hydroxylation sites is 2. The number of carbonyl (C=O) groups excluding carboxylic acids is 1. The van der Waals surface area contributed by atoms with Gasteiger partial charge in [0.25, 0.3) is 5.91 Å². The van der Waals surface area contributed by atoms with Crippen LogP contribution in [0.25, 0.3) is 11.0 Å². The lowest BCUT2D eigenvalue weighted by Gasteiger charge is -2.09. The highest BCUT2D eigenvalue weighted by Gasteiger charge is 2.17. The Balaban J connectivity index is 1.40. The predicted octanol–water partition coefficient (Wildman–Crippen LogP) is 1.98. The number of primary sulfonamides is 1. The first kappa shape index (κ1) is 23.6. The van der Waals surface area contributed by atoms with E-state index in [1.165, 1.54) is 36.4 Å². The normalized spacial score (nSPS) is 12.0. The number of aromatic nitrogens is 2. The van der Waals surface area contributed by atoms with Gasteiger partial charge in [-0.15, -0.1) is 0 Å². The van der Waals surface area contributed by atoms with E-state index in [4.69, 9.17) is 5.14 Å². The molecule has 1 aromatic heterocycles. The van der Waals surface area contributed by atoms with Crippen molar-refractivity contribution in [2.24, 2.45) is 5.14 Å². The number of imidazole rings is 1. The molecule has 3 aromatic carbocycles. The Hall–Kier alpha value is -3.58. The third-order valence-corrected chi connectivity index (χ3v) is 7.37. The predicted molar refractivity (Wildman–Crippen MR) is 127 cm³/mol. The second-order valence-electron chi connectivity index (χ2n) is 7.42. The molecule has 0 saturated carbocycles. The van der Waals surface area contributed by atoms with E-state index in [9.17, 15) is 21.6 Å². The highest BCUT2D eigenvalue weighted by Crippen LogP contribution is 2.16. The van der Waals surface area contributed by atoms with Crippen molar-refractivity contribution in [3.8, 4) is 0 Å². The van der Waals surface area contributed by atoms with E-state index in [2.05, 4.69) is 20.0 Å². The molecule has 12 heteroatoms. The number of H-pyrrole nitrogens is 1. The standard InChI is InChI=1S/C22H21N5O5S2/c23-33(29,30)17-10-8-15(9-11-17)12-13-24-34(31,32)18-5-3-4-16(14-18)21(28)27-22-25-19-6-1-2-7-20(19)26-22/h1-11,14,24H,12-13H2,(H2,23,29,30)(H2,25,26,27,28). The van der Waals surface area contributed by atoms with Gasteiger partial charge >= 0.3 is 0 Å². The molecule has 1 amide bonds. The van der Waals surface area contributed by atoms with E-state index in [0.717, 1.165) is 11.1 Å². The zero-order valence-corrected chi connectivity index (χ0v) is 19.4.